The Hall–Kier alpha value is -0.740. The second-order valence-corrected chi connectivity index (χ2v) is 3.13. The summed E-state index contributed by atoms with van der Waals surface area (Å²) < 4.78 is 0. The Balaban J connectivity index is 2.50. The molecule has 0 unspecified atom stereocenters. The van der Waals surface area contributed by atoms with Crippen LogP contribution >= 0.6 is 11.3 Å². The van der Waals surface area contributed by atoms with Gasteiger partial charge in [-0.25, -0.2) is 4.98 Å². The number of aromatic nitrogens is 1. The van der Waals surface area contributed by atoms with E-state index in [1.165, 1.54) is 11.3 Å². The van der Waals surface area contributed by atoms with E-state index in [1.54, 1.807) is 12.4 Å². The first kappa shape index (κ1) is 8.36. The molecule has 1 atom stereocenters. The maximum atomic E-state index is 11.0. The molecule has 4 heteroatoms. The molecule has 0 aliphatic carbocycles. The Morgan fingerprint density at radius 2 is 2.64 bits per heavy atom. The summed E-state index contributed by atoms with van der Waals surface area (Å²) in [6.07, 6.45) is 0.362. The smallest absolute Gasteiger partial charge is 0.155 e. The second kappa shape index (κ2) is 3.59. The second-order valence-electron chi connectivity index (χ2n) is 2.41. The number of nitrogens with two attached hydrogens (primary N) is 1. The molecule has 0 spiro atoms. The number of Topliss-reactive ketones (excluding diaryl/α,β-unsaturated/α-hetero) is 1. The third-order valence-corrected chi connectivity index (χ3v) is 1.98. The molecule has 2 N–H and O–H groups in total. The van der Waals surface area contributed by atoms with E-state index in [1.807, 2.05) is 5.38 Å². The van der Waals surface area contributed by atoms with Gasteiger partial charge in [-0.15, -0.1) is 11.3 Å². The molecule has 0 saturated carbocycles. The van der Waals surface area contributed by atoms with Crippen LogP contribution in [0.5, 0.6) is 0 Å². The fourth-order valence-electron chi connectivity index (χ4n) is 0.664. The Kier molecular flexibility index (Phi) is 2.73. The van der Waals surface area contributed by atoms with Gasteiger partial charge in [-0.05, 0) is 6.92 Å². The molecular formula is C7H10N2OS. The topological polar surface area (TPSA) is 56.0 Å². The summed E-state index contributed by atoms with van der Waals surface area (Å²) in [6.45, 7) is 1.69. The first-order valence-corrected chi connectivity index (χ1v) is 4.30. The zero-order chi connectivity index (χ0) is 8.27. The van der Waals surface area contributed by atoms with Crippen LogP contribution in [0.15, 0.2) is 10.9 Å². The molecule has 0 aliphatic rings. The standard InChI is InChI=1S/C7H10N2OS/c1-5(8)7(10)2-6-3-11-4-9-6/h3-5H,2,8H2,1H3/t5-/m0/s1. The van der Waals surface area contributed by atoms with Crippen LogP contribution in [0.1, 0.15) is 12.6 Å². The summed E-state index contributed by atoms with van der Waals surface area (Å²) in [5.74, 6) is 0.0379. The Labute approximate surface area is 69.3 Å². The monoisotopic (exact) mass is 170 g/mol. The molecule has 1 aromatic rings. The number of carbonyl (C=O) groups is 1. The zero-order valence-electron chi connectivity index (χ0n) is 6.28. The molecule has 1 rings (SSSR count). The maximum absolute atomic E-state index is 11.0. The molecule has 0 saturated heterocycles. The quantitative estimate of drug-likeness (QED) is 0.722. The van der Waals surface area contributed by atoms with Gasteiger partial charge in [-0.3, -0.25) is 4.79 Å². The summed E-state index contributed by atoms with van der Waals surface area (Å²) in [5.41, 5.74) is 7.91. The number of nitrogens with zero attached hydrogens (tertiary/aromatic N) is 1. The molecule has 0 bridgehead atoms. The third kappa shape index (κ3) is 2.40. The van der Waals surface area contributed by atoms with Gasteiger partial charge in [0.1, 0.15) is 0 Å². The highest BCUT2D eigenvalue weighted by atomic mass is 32.1. The Morgan fingerprint density at radius 1 is 1.91 bits per heavy atom. The molecule has 60 valence electrons. The molecule has 0 aromatic carbocycles. The number of thiazole rings is 1. The van der Waals surface area contributed by atoms with E-state index in [-0.39, 0.29) is 11.8 Å². The van der Waals surface area contributed by atoms with E-state index in [2.05, 4.69) is 4.98 Å². The molecular weight excluding hydrogens is 160 g/mol. The average Bonchev–Trinajstić information content (AvgIpc) is 2.39. The predicted molar refractivity (Wildman–Crippen MR) is 44.5 cm³/mol. The normalized spacial score (nSPS) is 12.9. The molecule has 3 nitrogen and oxygen atoms in total. The molecule has 1 aromatic heterocycles. The fourth-order valence-corrected chi connectivity index (χ4v) is 1.22. The van der Waals surface area contributed by atoms with Crippen molar-refractivity contribution in [3.05, 3.63) is 16.6 Å². The summed E-state index contributed by atoms with van der Waals surface area (Å²) in [6, 6.07) is -0.378. The number of hydrogen-bond donors (Lipinski definition) is 1. The maximum Gasteiger partial charge on any atom is 0.155 e. The fraction of sp³-hybridized carbons (Fsp3) is 0.429. The summed E-state index contributed by atoms with van der Waals surface area (Å²) >= 11 is 1.49. The highest BCUT2D eigenvalue weighted by Gasteiger charge is 2.08. The predicted octanol–water partition coefficient (Wildman–Crippen LogP) is 0.602. The first-order chi connectivity index (χ1) is 5.20. The molecule has 1 heterocycles. The van der Waals surface area contributed by atoms with E-state index in [9.17, 15) is 4.79 Å². The minimum Gasteiger partial charge on any atom is -0.322 e. The van der Waals surface area contributed by atoms with Crippen LogP contribution in [0, 0.1) is 0 Å². The molecule has 0 aliphatic heterocycles. The SMILES string of the molecule is C[C@H](N)C(=O)Cc1cscn1. The summed E-state index contributed by atoms with van der Waals surface area (Å²) in [4.78, 5) is 15.0. The molecule has 0 fully saturated rings. The van der Waals surface area contributed by atoms with Gasteiger partial charge in [0.2, 0.25) is 0 Å². The van der Waals surface area contributed by atoms with Gasteiger partial charge < -0.3 is 5.73 Å². The summed E-state index contributed by atoms with van der Waals surface area (Å²) in [5, 5.41) is 1.86. The van der Waals surface area contributed by atoms with Crippen molar-refractivity contribution in [1.29, 1.82) is 0 Å². The van der Waals surface area contributed by atoms with Gasteiger partial charge in [0.15, 0.2) is 5.78 Å². The number of rotatable bonds is 3. The number of hydrogen-bond acceptors (Lipinski definition) is 4. The zero-order valence-corrected chi connectivity index (χ0v) is 7.10. The van der Waals surface area contributed by atoms with Crippen molar-refractivity contribution in [3.8, 4) is 0 Å². The van der Waals surface area contributed by atoms with E-state index >= 15 is 0 Å². The third-order valence-electron chi connectivity index (χ3n) is 1.35. The van der Waals surface area contributed by atoms with Gasteiger partial charge in [-0.1, -0.05) is 0 Å². The van der Waals surface area contributed by atoms with E-state index < -0.39 is 0 Å². The van der Waals surface area contributed by atoms with Crippen LogP contribution in [-0.2, 0) is 11.2 Å². The molecule has 11 heavy (non-hydrogen) atoms. The van der Waals surface area contributed by atoms with Crippen LogP contribution in [0.2, 0.25) is 0 Å². The van der Waals surface area contributed by atoms with Crippen molar-refractivity contribution in [2.45, 2.75) is 19.4 Å². The number of ketones is 1. The van der Waals surface area contributed by atoms with Crippen LogP contribution in [0.25, 0.3) is 0 Å². The van der Waals surface area contributed by atoms with Crippen molar-refractivity contribution in [1.82, 2.24) is 4.98 Å². The minimum atomic E-state index is -0.378. The Morgan fingerprint density at radius 3 is 3.09 bits per heavy atom. The van der Waals surface area contributed by atoms with Gasteiger partial charge in [0.05, 0.1) is 23.7 Å². The van der Waals surface area contributed by atoms with Gasteiger partial charge in [0.25, 0.3) is 0 Å². The highest BCUT2D eigenvalue weighted by molar-refractivity contribution is 7.07. The van der Waals surface area contributed by atoms with Crippen LogP contribution in [0.4, 0.5) is 0 Å². The van der Waals surface area contributed by atoms with Crippen LogP contribution in [0.3, 0.4) is 0 Å². The van der Waals surface area contributed by atoms with Crippen molar-refractivity contribution >= 4 is 17.1 Å². The minimum absolute atomic E-state index is 0.0379. The average molecular weight is 170 g/mol. The molecule has 0 radical (unpaired) electrons. The summed E-state index contributed by atoms with van der Waals surface area (Å²) in [7, 11) is 0. The Bertz CT molecular complexity index is 231. The lowest BCUT2D eigenvalue weighted by atomic mass is 10.1. The lowest BCUT2D eigenvalue weighted by Gasteiger charge is -2.00. The number of carbonyl (C=O) groups excluding carboxylic acids is 1. The van der Waals surface area contributed by atoms with Gasteiger partial charge in [-0.2, -0.15) is 0 Å². The van der Waals surface area contributed by atoms with E-state index in [0.29, 0.717) is 6.42 Å². The van der Waals surface area contributed by atoms with Crippen LogP contribution in [-0.4, -0.2) is 16.8 Å². The van der Waals surface area contributed by atoms with Crippen molar-refractivity contribution < 1.29 is 4.79 Å². The lowest BCUT2D eigenvalue weighted by Crippen LogP contribution is -2.28. The van der Waals surface area contributed by atoms with E-state index in [0.717, 1.165) is 5.69 Å². The lowest BCUT2D eigenvalue weighted by molar-refractivity contribution is -0.119. The first-order valence-electron chi connectivity index (χ1n) is 3.35. The van der Waals surface area contributed by atoms with Crippen molar-refractivity contribution in [2.24, 2.45) is 5.73 Å². The van der Waals surface area contributed by atoms with Crippen LogP contribution < -0.4 is 5.73 Å². The van der Waals surface area contributed by atoms with Gasteiger partial charge >= 0.3 is 0 Å². The van der Waals surface area contributed by atoms with Gasteiger partial charge in [0, 0.05) is 5.38 Å². The molecule has 0 amide bonds. The van der Waals surface area contributed by atoms with Crippen molar-refractivity contribution in [3.63, 3.8) is 0 Å². The van der Waals surface area contributed by atoms with E-state index in [4.69, 9.17) is 5.73 Å². The van der Waals surface area contributed by atoms with Crippen molar-refractivity contribution in [2.75, 3.05) is 0 Å². The highest BCUT2D eigenvalue weighted by Crippen LogP contribution is 2.02. The largest absolute Gasteiger partial charge is 0.322 e.